The van der Waals surface area contributed by atoms with E-state index in [4.69, 9.17) is 4.74 Å². The molecule has 1 N–H and O–H groups in total. The molecule has 2 aliphatic heterocycles. The van der Waals surface area contributed by atoms with Gasteiger partial charge in [-0.2, -0.15) is 11.8 Å². The van der Waals surface area contributed by atoms with Crippen LogP contribution in [0.2, 0.25) is 0 Å². The molecule has 0 aromatic heterocycles. The Kier molecular flexibility index (Phi) is 7.13. The average Bonchev–Trinajstić information content (AvgIpc) is 2.85. The molecule has 2 rings (SSSR count). The molecule has 1 spiro atoms. The summed E-state index contributed by atoms with van der Waals surface area (Å²) in [7, 11) is 0. The van der Waals surface area contributed by atoms with Crippen LogP contribution in [0.3, 0.4) is 0 Å². The zero-order valence-electron chi connectivity index (χ0n) is 15.4. The lowest BCUT2D eigenvalue weighted by atomic mass is 9.95. The molecule has 2 saturated heterocycles. The zero-order chi connectivity index (χ0) is 18.4. The van der Waals surface area contributed by atoms with Crippen molar-refractivity contribution in [3.63, 3.8) is 0 Å². The van der Waals surface area contributed by atoms with E-state index in [1.54, 1.807) is 23.6 Å². The van der Waals surface area contributed by atoms with Crippen molar-refractivity contribution in [3.8, 4) is 0 Å². The van der Waals surface area contributed by atoms with Gasteiger partial charge in [-0.15, -0.1) is 0 Å². The lowest BCUT2D eigenvalue weighted by molar-refractivity contribution is -0.152. The van der Waals surface area contributed by atoms with Gasteiger partial charge in [0.05, 0.1) is 18.3 Å². The first-order chi connectivity index (χ1) is 12.0. The highest BCUT2D eigenvalue weighted by Crippen LogP contribution is 2.33. The highest BCUT2D eigenvalue weighted by Gasteiger charge is 2.52. The Balaban J connectivity index is 2.13. The third-order valence-electron chi connectivity index (χ3n) is 4.97. The Morgan fingerprint density at radius 1 is 1.32 bits per heavy atom. The summed E-state index contributed by atoms with van der Waals surface area (Å²) in [6, 6.07) is -0.268. The van der Waals surface area contributed by atoms with Gasteiger partial charge in [0.15, 0.2) is 0 Å². The minimum absolute atomic E-state index is 0.0302. The second-order valence-electron chi connectivity index (χ2n) is 6.47. The van der Waals surface area contributed by atoms with Crippen molar-refractivity contribution in [2.75, 3.05) is 38.2 Å². The average molecular weight is 372 g/mol. The lowest BCUT2D eigenvalue weighted by Gasteiger charge is -2.44. The molecule has 0 saturated carbocycles. The molecule has 0 aliphatic carbocycles. The molecule has 7 nitrogen and oxygen atoms in total. The van der Waals surface area contributed by atoms with Crippen molar-refractivity contribution in [3.05, 3.63) is 0 Å². The number of hydrogen-bond donors (Lipinski definition) is 1. The number of nitrogens with zero attached hydrogens (tertiary/aromatic N) is 2. The summed E-state index contributed by atoms with van der Waals surface area (Å²) in [5.41, 5.74) is -0.544. The van der Waals surface area contributed by atoms with Gasteiger partial charge in [-0.05, 0) is 25.4 Å². The van der Waals surface area contributed by atoms with E-state index < -0.39 is 5.66 Å². The summed E-state index contributed by atoms with van der Waals surface area (Å²) in [5, 5.41) is 3.48. The number of carbonyl (C=O) groups excluding carboxylic acids is 3. The summed E-state index contributed by atoms with van der Waals surface area (Å²) >= 11 is 1.70. The fourth-order valence-corrected chi connectivity index (χ4v) is 4.09. The Bertz CT molecular complexity index is 506. The van der Waals surface area contributed by atoms with E-state index in [1.165, 1.54) is 0 Å². The number of rotatable bonds is 7. The number of thioether (sulfide) groups is 1. The molecule has 2 amide bonds. The van der Waals surface area contributed by atoms with Gasteiger partial charge in [0.1, 0.15) is 6.54 Å². The van der Waals surface area contributed by atoms with Gasteiger partial charge in [-0.1, -0.05) is 6.92 Å². The van der Waals surface area contributed by atoms with Crippen LogP contribution in [-0.4, -0.2) is 77.5 Å². The molecule has 0 radical (unpaired) electrons. The number of esters is 1. The van der Waals surface area contributed by atoms with E-state index in [2.05, 4.69) is 5.32 Å². The fraction of sp³-hybridized carbons (Fsp3) is 0.824. The third kappa shape index (κ3) is 4.47. The van der Waals surface area contributed by atoms with Gasteiger partial charge in [-0.25, -0.2) is 0 Å². The first-order valence-electron chi connectivity index (χ1n) is 8.99. The number of ether oxygens (including phenoxy) is 1. The van der Waals surface area contributed by atoms with Crippen molar-refractivity contribution in [1.29, 1.82) is 0 Å². The number of carbonyl (C=O) groups is 3. The van der Waals surface area contributed by atoms with E-state index in [-0.39, 0.29) is 30.4 Å². The predicted octanol–water partition coefficient (Wildman–Crippen LogP) is 0.832. The van der Waals surface area contributed by atoms with Crippen LogP contribution in [-0.2, 0) is 19.1 Å². The van der Waals surface area contributed by atoms with Crippen LogP contribution in [0.15, 0.2) is 0 Å². The third-order valence-corrected chi connectivity index (χ3v) is 5.62. The molecule has 1 unspecified atom stereocenters. The maximum absolute atomic E-state index is 12.9. The first kappa shape index (κ1) is 20.0. The number of nitrogens with one attached hydrogen (secondary N) is 1. The highest BCUT2D eigenvalue weighted by atomic mass is 32.2. The molecule has 2 heterocycles. The lowest BCUT2D eigenvalue weighted by Crippen LogP contribution is -2.60. The molecule has 8 heteroatoms. The van der Waals surface area contributed by atoms with Gasteiger partial charge >= 0.3 is 5.97 Å². The SMILES string of the molecule is CCOC(=O)CN1C(=O)C(CCSC)NC12CCN(C(=O)CC)CC2. The monoisotopic (exact) mass is 371 g/mol. The second-order valence-corrected chi connectivity index (χ2v) is 7.46. The normalized spacial score (nSPS) is 22.5. The molecule has 25 heavy (non-hydrogen) atoms. The van der Waals surface area contributed by atoms with Gasteiger partial charge in [-0.3, -0.25) is 19.7 Å². The van der Waals surface area contributed by atoms with Crippen LogP contribution < -0.4 is 5.32 Å². The molecule has 0 aromatic rings. The molecule has 1 atom stereocenters. The Hall–Kier alpha value is -1.28. The number of piperidine rings is 1. The summed E-state index contributed by atoms with van der Waals surface area (Å²) in [6.45, 7) is 5.08. The van der Waals surface area contributed by atoms with Crippen molar-refractivity contribution in [2.45, 2.75) is 51.2 Å². The van der Waals surface area contributed by atoms with Crippen molar-refractivity contribution in [2.24, 2.45) is 0 Å². The van der Waals surface area contributed by atoms with E-state index in [0.29, 0.717) is 39.0 Å². The van der Waals surface area contributed by atoms with E-state index in [0.717, 1.165) is 12.2 Å². The van der Waals surface area contributed by atoms with Gasteiger partial charge in [0.2, 0.25) is 11.8 Å². The quantitative estimate of drug-likeness (QED) is 0.668. The molecule has 2 fully saturated rings. The summed E-state index contributed by atoms with van der Waals surface area (Å²) < 4.78 is 5.05. The van der Waals surface area contributed by atoms with Crippen LogP contribution in [0.5, 0.6) is 0 Å². The van der Waals surface area contributed by atoms with Crippen molar-refractivity contribution >= 4 is 29.5 Å². The van der Waals surface area contributed by atoms with Crippen LogP contribution in [0.1, 0.15) is 39.5 Å². The first-order valence-corrected chi connectivity index (χ1v) is 10.4. The second kappa shape index (κ2) is 8.89. The van der Waals surface area contributed by atoms with Gasteiger partial charge < -0.3 is 14.5 Å². The molecule has 142 valence electrons. The predicted molar refractivity (Wildman–Crippen MR) is 97.1 cm³/mol. The van der Waals surface area contributed by atoms with E-state index in [9.17, 15) is 14.4 Å². The number of hydrogen-bond acceptors (Lipinski definition) is 6. The Labute approximate surface area is 153 Å². The van der Waals surface area contributed by atoms with Crippen LogP contribution in [0, 0.1) is 0 Å². The summed E-state index contributed by atoms with van der Waals surface area (Å²) in [6.07, 6.45) is 4.51. The summed E-state index contributed by atoms with van der Waals surface area (Å²) in [4.78, 5) is 40.3. The molecule has 2 aliphatic rings. The van der Waals surface area contributed by atoms with Gasteiger partial charge in [0.25, 0.3) is 0 Å². The van der Waals surface area contributed by atoms with Crippen LogP contribution in [0.25, 0.3) is 0 Å². The van der Waals surface area contributed by atoms with Crippen molar-refractivity contribution in [1.82, 2.24) is 15.1 Å². The molecule has 0 aromatic carbocycles. The highest BCUT2D eigenvalue weighted by molar-refractivity contribution is 7.98. The van der Waals surface area contributed by atoms with Crippen LogP contribution in [0.4, 0.5) is 0 Å². The smallest absolute Gasteiger partial charge is 0.325 e. The molecular formula is C17H29N3O4S. The maximum Gasteiger partial charge on any atom is 0.325 e. The van der Waals surface area contributed by atoms with Gasteiger partial charge in [0, 0.05) is 32.4 Å². The topological polar surface area (TPSA) is 79.0 Å². The molecule has 0 bridgehead atoms. The Morgan fingerprint density at radius 3 is 2.56 bits per heavy atom. The van der Waals surface area contributed by atoms with Crippen LogP contribution >= 0.6 is 11.8 Å². The number of amides is 2. The Morgan fingerprint density at radius 2 is 2.00 bits per heavy atom. The largest absolute Gasteiger partial charge is 0.465 e. The maximum atomic E-state index is 12.9. The minimum Gasteiger partial charge on any atom is -0.465 e. The number of likely N-dealkylation sites (tertiary alicyclic amines) is 1. The van der Waals surface area contributed by atoms with E-state index >= 15 is 0 Å². The van der Waals surface area contributed by atoms with Crippen molar-refractivity contribution < 1.29 is 19.1 Å². The van der Waals surface area contributed by atoms with E-state index in [1.807, 2.05) is 18.1 Å². The zero-order valence-corrected chi connectivity index (χ0v) is 16.2. The standard InChI is InChI=1S/C17H29N3O4S/c1-4-14(21)19-9-7-17(8-10-19)18-13(6-11-25-3)16(23)20(17)12-15(22)24-5-2/h13,18H,4-12H2,1-3H3. The summed E-state index contributed by atoms with van der Waals surface area (Å²) in [5.74, 6) is 0.606. The molecular weight excluding hydrogens is 342 g/mol. The minimum atomic E-state index is -0.544. The fourth-order valence-electron chi connectivity index (χ4n) is 3.62.